The molecule has 0 bridgehead atoms. The number of rotatable bonds is 6. The molecule has 0 spiro atoms. The summed E-state index contributed by atoms with van der Waals surface area (Å²) < 4.78 is 4.96. The van der Waals surface area contributed by atoms with E-state index in [4.69, 9.17) is 4.74 Å². The van der Waals surface area contributed by atoms with Crippen LogP contribution in [-0.2, 0) is 4.74 Å². The van der Waals surface area contributed by atoms with Gasteiger partial charge in [-0.3, -0.25) is 0 Å². The number of nitrogens with one attached hydrogen (secondary N) is 1. The highest BCUT2D eigenvalue weighted by atomic mass is 32.1. The highest BCUT2D eigenvalue weighted by Gasteiger charge is 2.05. The van der Waals surface area contributed by atoms with Crippen molar-refractivity contribution in [3.8, 4) is 0 Å². The van der Waals surface area contributed by atoms with Crippen molar-refractivity contribution in [2.75, 3.05) is 20.3 Å². The van der Waals surface area contributed by atoms with Crippen LogP contribution >= 0.6 is 11.3 Å². The summed E-state index contributed by atoms with van der Waals surface area (Å²) in [7, 11) is 1.73. The molecular weight excluding hydrogens is 184 g/mol. The third-order valence-corrected chi connectivity index (χ3v) is 2.76. The summed E-state index contributed by atoms with van der Waals surface area (Å²) >= 11 is 1.69. The van der Waals surface area contributed by atoms with Crippen molar-refractivity contribution < 1.29 is 4.74 Å². The molecule has 4 heteroatoms. The van der Waals surface area contributed by atoms with Gasteiger partial charge in [0.05, 0.1) is 6.04 Å². The maximum Gasteiger partial charge on any atom is 0.109 e. The summed E-state index contributed by atoms with van der Waals surface area (Å²) in [5.74, 6) is 0. The lowest BCUT2D eigenvalue weighted by atomic mass is 10.3. The Hall–Kier alpha value is -0.450. The van der Waals surface area contributed by atoms with Crippen LogP contribution in [0.2, 0.25) is 0 Å². The smallest absolute Gasteiger partial charge is 0.109 e. The Balaban J connectivity index is 2.15. The van der Waals surface area contributed by atoms with Gasteiger partial charge in [-0.2, -0.15) is 0 Å². The molecule has 0 saturated carbocycles. The van der Waals surface area contributed by atoms with E-state index >= 15 is 0 Å². The van der Waals surface area contributed by atoms with Gasteiger partial charge in [-0.25, -0.2) is 4.98 Å². The predicted molar refractivity (Wildman–Crippen MR) is 55.0 cm³/mol. The monoisotopic (exact) mass is 200 g/mol. The van der Waals surface area contributed by atoms with Crippen molar-refractivity contribution in [3.63, 3.8) is 0 Å². The van der Waals surface area contributed by atoms with Crippen LogP contribution in [0.25, 0.3) is 0 Å². The van der Waals surface area contributed by atoms with Gasteiger partial charge in [0.2, 0.25) is 0 Å². The van der Waals surface area contributed by atoms with Crippen LogP contribution in [0.1, 0.15) is 24.4 Å². The summed E-state index contributed by atoms with van der Waals surface area (Å²) in [6.45, 7) is 3.93. The van der Waals surface area contributed by atoms with E-state index in [1.165, 1.54) is 0 Å². The largest absolute Gasteiger partial charge is 0.385 e. The minimum atomic E-state index is 0.358. The molecule has 1 N–H and O–H groups in total. The molecule has 1 rings (SSSR count). The molecule has 0 unspecified atom stereocenters. The predicted octanol–water partition coefficient (Wildman–Crippen LogP) is 1.83. The Labute approximate surface area is 83.1 Å². The third kappa shape index (κ3) is 3.85. The van der Waals surface area contributed by atoms with Gasteiger partial charge in [-0.05, 0) is 19.9 Å². The Kier molecular flexibility index (Phi) is 4.97. The molecule has 74 valence electrons. The van der Waals surface area contributed by atoms with E-state index < -0.39 is 0 Å². The average Bonchev–Trinajstić information content (AvgIpc) is 2.65. The van der Waals surface area contributed by atoms with Gasteiger partial charge in [-0.15, -0.1) is 11.3 Å². The number of thiazole rings is 1. The molecular formula is C9H16N2OS. The van der Waals surface area contributed by atoms with Gasteiger partial charge in [0.1, 0.15) is 5.01 Å². The molecule has 0 aliphatic carbocycles. The normalized spacial score (nSPS) is 13.1. The minimum Gasteiger partial charge on any atom is -0.385 e. The summed E-state index contributed by atoms with van der Waals surface area (Å²) in [5.41, 5.74) is 0. The molecule has 13 heavy (non-hydrogen) atoms. The van der Waals surface area contributed by atoms with Crippen molar-refractivity contribution in [1.82, 2.24) is 10.3 Å². The molecule has 0 aromatic carbocycles. The first-order valence-electron chi connectivity index (χ1n) is 4.46. The standard InChI is InChI=1S/C9H16N2OS/c1-8(9-11-5-7-13-9)10-4-3-6-12-2/h5,7-8,10H,3-4,6H2,1-2H3/t8-/m1/s1. The first kappa shape index (κ1) is 10.6. The zero-order chi connectivity index (χ0) is 9.52. The van der Waals surface area contributed by atoms with Crippen LogP contribution in [-0.4, -0.2) is 25.2 Å². The molecule has 0 radical (unpaired) electrons. The quantitative estimate of drug-likeness (QED) is 0.711. The molecule has 0 amide bonds. The number of aromatic nitrogens is 1. The second-order valence-corrected chi connectivity index (χ2v) is 3.82. The SMILES string of the molecule is COCCCN[C@H](C)c1nccs1. The van der Waals surface area contributed by atoms with E-state index in [-0.39, 0.29) is 0 Å². The molecule has 1 heterocycles. The average molecular weight is 200 g/mol. The first-order chi connectivity index (χ1) is 6.34. The lowest BCUT2D eigenvalue weighted by molar-refractivity contribution is 0.193. The minimum absolute atomic E-state index is 0.358. The lowest BCUT2D eigenvalue weighted by Gasteiger charge is -2.10. The van der Waals surface area contributed by atoms with Gasteiger partial charge in [0.15, 0.2) is 0 Å². The van der Waals surface area contributed by atoms with Crippen LogP contribution in [0, 0.1) is 0 Å². The van der Waals surface area contributed by atoms with E-state index in [0.717, 1.165) is 24.6 Å². The Morgan fingerprint density at radius 2 is 2.54 bits per heavy atom. The van der Waals surface area contributed by atoms with Crippen molar-refractivity contribution in [2.45, 2.75) is 19.4 Å². The van der Waals surface area contributed by atoms with Crippen LogP contribution in [0.15, 0.2) is 11.6 Å². The third-order valence-electron chi connectivity index (χ3n) is 1.80. The second kappa shape index (κ2) is 6.07. The highest BCUT2D eigenvalue weighted by Crippen LogP contribution is 2.13. The van der Waals surface area contributed by atoms with E-state index in [0.29, 0.717) is 6.04 Å². The van der Waals surface area contributed by atoms with Crippen LogP contribution in [0.4, 0.5) is 0 Å². The fourth-order valence-electron chi connectivity index (χ4n) is 1.07. The van der Waals surface area contributed by atoms with Crippen LogP contribution in [0.5, 0.6) is 0 Å². The molecule has 1 aromatic rings. The molecule has 1 atom stereocenters. The van der Waals surface area contributed by atoms with Gasteiger partial charge < -0.3 is 10.1 Å². The maximum absolute atomic E-state index is 4.96. The molecule has 0 fully saturated rings. The topological polar surface area (TPSA) is 34.1 Å². The van der Waals surface area contributed by atoms with Gasteiger partial charge in [0.25, 0.3) is 0 Å². The molecule has 3 nitrogen and oxygen atoms in total. The fraction of sp³-hybridized carbons (Fsp3) is 0.667. The van der Waals surface area contributed by atoms with Gasteiger partial charge in [-0.1, -0.05) is 0 Å². The Morgan fingerprint density at radius 1 is 1.69 bits per heavy atom. The van der Waals surface area contributed by atoms with E-state index in [9.17, 15) is 0 Å². The van der Waals surface area contributed by atoms with E-state index in [1.807, 2.05) is 11.6 Å². The first-order valence-corrected chi connectivity index (χ1v) is 5.34. The Bertz CT molecular complexity index is 213. The van der Waals surface area contributed by atoms with E-state index in [2.05, 4.69) is 17.2 Å². The molecule has 1 aromatic heterocycles. The van der Waals surface area contributed by atoms with Crippen molar-refractivity contribution in [1.29, 1.82) is 0 Å². The molecule has 0 aliphatic heterocycles. The Morgan fingerprint density at radius 3 is 3.15 bits per heavy atom. The van der Waals surface area contributed by atoms with Crippen molar-refractivity contribution in [3.05, 3.63) is 16.6 Å². The van der Waals surface area contributed by atoms with Crippen molar-refractivity contribution >= 4 is 11.3 Å². The van der Waals surface area contributed by atoms with Crippen molar-refractivity contribution in [2.24, 2.45) is 0 Å². The second-order valence-electron chi connectivity index (χ2n) is 2.89. The lowest BCUT2D eigenvalue weighted by Crippen LogP contribution is -2.20. The zero-order valence-electron chi connectivity index (χ0n) is 8.12. The zero-order valence-corrected chi connectivity index (χ0v) is 8.93. The maximum atomic E-state index is 4.96. The number of hydrogen-bond donors (Lipinski definition) is 1. The van der Waals surface area contributed by atoms with Gasteiger partial charge in [0, 0.05) is 25.3 Å². The highest BCUT2D eigenvalue weighted by molar-refractivity contribution is 7.09. The molecule has 0 aliphatic rings. The summed E-state index contributed by atoms with van der Waals surface area (Å²) in [4.78, 5) is 4.24. The summed E-state index contributed by atoms with van der Waals surface area (Å²) in [6, 6.07) is 0.358. The van der Waals surface area contributed by atoms with Crippen LogP contribution in [0.3, 0.4) is 0 Å². The fourth-order valence-corrected chi connectivity index (χ4v) is 1.74. The number of ether oxygens (including phenoxy) is 1. The summed E-state index contributed by atoms with van der Waals surface area (Å²) in [5, 5.41) is 6.54. The number of hydrogen-bond acceptors (Lipinski definition) is 4. The summed E-state index contributed by atoms with van der Waals surface area (Å²) in [6.07, 6.45) is 2.89. The number of nitrogens with zero attached hydrogens (tertiary/aromatic N) is 1. The number of methoxy groups -OCH3 is 1. The molecule has 0 saturated heterocycles. The van der Waals surface area contributed by atoms with E-state index in [1.54, 1.807) is 18.4 Å². The van der Waals surface area contributed by atoms with Gasteiger partial charge >= 0.3 is 0 Å². The van der Waals surface area contributed by atoms with Crippen LogP contribution < -0.4 is 5.32 Å².